The van der Waals surface area contributed by atoms with E-state index in [1.54, 1.807) is 24.1 Å². The summed E-state index contributed by atoms with van der Waals surface area (Å²) >= 11 is 0. The third-order valence-corrected chi connectivity index (χ3v) is 3.63. The smallest absolute Gasteiger partial charge is 0.214 e. The number of carbonyl (C=O) groups excluding carboxylic acids is 1. The van der Waals surface area contributed by atoms with Gasteiger partial charge in [-0.15, -0.1) is 0 Å². The molecular weight excluding hydrogens is 278 g/mol. The SMILES string of the molecule is Cc1ccc2oc(N(C)c3ccccc3)c(C=O)c(=O)c2c1. The lowest BCUT2D eigenvalue weighted by atomic mass is 10.1. The third-order valence-electron chi connectivity index (χ3n) is 3.63. The molecule has 2 aromatic carbocycles. The predicted octanol–water partition coefficient (Wildman–Crippen LogP) is 3.68. The molecule has 3 rings (SSSR count). The second-order valence-electron chi connectivity index (χ2n) is 5.16. The molecule has 0 aliphatic rings. The Morgan fingerprint density at radius 1 is 1.09 bits per heavy atom. The number of rotatable bonds is 3. The first-order valence-electron chi connectivity index (χ1n) is 6.93. The van der Waals surface area contributed by atoms with Crippen molar-refractivity contribution in [3.8, 4) is 0 Å². The molecule has 0 saturated carbocycles. The standard InChI is InChI=1S/C18H15NO3/c1-12-8-9-16-14(10-12)17(21)15(11-20)18(22-16)19(2)13-6-4-3-5-7-13/h3-11H,1-2H3. The number of nitrogens with zero attached hydrogens (tertiary/aromatic N) is 1. The number of hydrogen-bond donors (Lipinski definition) is 0. The van der Waals surface area contributed by atoms with Crippen molar-refractivity contribution < 1.29 is 9.21 Å². The molecule has 4 nitrogen and oxygen atoms in total. The largest absolute Gasteiger partial charge is 0.439 e. The summed E-state index contributed by atoms with van der Waals surface area (Å²) in [5.74, 6) is 0.252. The zero-order chi connectivity index (χ0) is 15.7. The first kappa shape index (κ1) is 14.1. The summed E-state index contributed by atoms with van der Waals surface area (Å²) in [4.78, 5) is 25.7. The maximum Gasteiger partial charge on any atom is 0.214 e. The fourth-order valence-corrected chi connectivity index (χ4v) is 2.43. The van der Waals surface area contributed by atoms with Crippen LogP contribution in [0.2, 0.25) is 0 Å². The molecular formula is C18H15NO3. The van der Waals surface area contributed by atoms with Gasteiger partial charge in [0.05, 0.1) is 5.39 Å². The second kappa shape index (κ2) is 5.48. The number of benzene rings is 2. The molecule has 1 heterocycles. The highest BCUT2D eigenvalue weighted by atomic mass is 16.4. The normalized spacial score (nSPS) is 10.6. The highest BCUT2D eigenvalue weighted by Gasteiger charge is 2.18. The van der Waals surface area contributed by atoms with Crippen LogP contribution in [0.15, 0.2) is 57.7 Å². The summed E-state index contributed by atoms with van der Waals surface area (Å²) in [7, 11) is 1.76. The fourth-order valence-electron chi connectivity index (χ4n) is 2.43. The van der Waals surface area contributed by atoms with Gasteiger partial charge in [-0.05, 0) is 31.2 Å². The first-order valence-corrected chi connectivity index (χ1v) is 6.93. The van der Waals surface area contributed by atoms with Crippen molar-refractivity contribution in [2.75, 3.05) is 11.9 Å². The molecule has 0 fully saturated rings. The first-order chi connectivity index (χ1) is 10.6. The summed E-state index contributed by atoms with van der Waals surface area (Å²) in [5.41, 5.74) is 1.97. The van der Waals surface area contributed by atoms with Crippen LogP contribution in [-0.4, -0.2) is 13.3 Å². The van der Waals surface area contributed by atoms with Gasteiger partial charge in [-0.25, -0.2) is 0 Å². The summed E-state index contributed by atoms with van der Waals surface area (Å²) in [6.45, 7) is 1.89. The minimum atomic E-state index is -0.308. The third kappa shape index (κ3) is 2.29. The molecule has 22 heavy (non-hydrogen) atoms. The van der Waals surface area contributed by atoms with Gasteiger partial charge in [0.2, 0.25) is 11.3 Å². The number of aryl methyl sites for hydroxylation is 1. The van der Waals surface area contributed by atoms with Gasteiger partial charge in [0.25, 0.3) is 0 Å². The molecule has 0 amide bonds. The van der Waals surface area contributed by atoms with Crippen LogP contribution in [0.5, 0.6) is 0 Å². The summed E-state index contributed by atoms with van der Waals surface area (Å²) in [6.07, 6.45) is 0.558. The molecule has 0 atom stereocenters. The van der Waals surface area contributed by atoms with Crippen LogP contribution in [-0.2, 0) is 0 Å². The molecule has 110 valence electrons. The Hall–Kier alpha value is -2.88. The average molecular weight is 293 g/mol. The second-order valence-corrected chi connectivity index (χ2v) is 5.16. The predicted molar refractivity (Wildman–Crippen MR) is 87.1 cm³/mol. The van der Waals surface area contributed by atoms with Crippen LogP contribution >= 0.6 is 0 Å². The van der Waals surface area contributed by atoms with Crippen LogP contribution in [0.4, 0.5) is 11.6 Å². The fraction of sp³-hybridized carbons (Fsp3) is 0.111. The zero-order valence-corrected chi connectivity index (χ0v) is 12.4. The number of para-hydroxylation sites is 1. The van der Waals surface area contributed by atoms with Crippen molar-refractivity contribution >= 4 is 28.8 Å². The average Bonchev–Trinajstić information content (AvgIpc) is 2.55. The Morgan fingerprint density at radius 2 is 1.82 bits per heavy atom. The molecule has 0 bridgehead atoms. The molecule has 3 aromatic rings. The molecule has 0 radical (unpaired) electrons. The monoisotopic (exact) mass is 293 g/mol. The van der Waals surface area contributed by atoms with Gasteiger partial charge in [0.15, 0.2) is 6.29 Å². The van der Waals surface area contributed by atoms with E-state index in [4.69, 9.17) is 4.42 Å². The number of hydrogen-bond acceptors (Lipinski definition) is 4. The van der Waals surface area contributed by atoms with Gasteiger partial charge in [-0.1, -0.05) is 29.8 Å². The van der Waals surface area contributed by atoms with Crippen molar-refractivity contribution in [3.63, 3.8) is 0 Å². The van der Waals surface area contributed by atoms with E-state index in [1.807, 2.05) is 43.3 Å². The van der Waals surface area contributed by atoms with Crippen molar-refractivity contribution in [2.24, 2.45) is 0 Å². The lowest BCUT2D eigenvalue weighted by Crippen LogP contribution is -2.18. The van der Waals surface area contributed by atoms with Gasteiger partial charge >= 0.3 is 0 Å². The Balaban J connectivity index is 2.28. The number of aldehydes is 1. The van der Waals surface area contributed by atoms with Gasteiger partial charge in [-0.3, -0.25) is 9.59 Å². The van der Waals surface area contributed by atoms with Gasteiger partial charge in [-0.2, -0.15) is 0 Å². The van der Waals surface area contributed by atoms with Crippen molar-refractivity contribution in [3.05, 3.63) is 69.9 Å². The highest BCUT2D eigenvalue weighted by Crippen LogP contribution is 2.28. The van der Waals surface area contributed by atoms with E-state index in [2.05, 4.69) is 0 Å². The molecule has 0 unspecified atom stereocenters. The van der Waals surface area contributed by atoms with Crippen LogP contribution in [0.3, 0.4) is 0 Å². The van der Waals surface area contributed by atoms with Crippen LogP contribution in [0, 0.1) is 6.92 Å². The minimum Gasteiger partial charge on any atom is -0.439 e. The quantitative estimate of drug-likeness (QED) is 0.691. The maximum atomic E-state index is 12.6. The molecule has 0 saturated heterocycles. The maximum absolute atomic E-state index is 12.6. The molecule has 0 aliphatic carbocycles. The lowest BCUT2D eigenvalue weighted by molar-refractivity contribution is 0.112. The molecule has 0 aliphatic heterocycles. The van der Waals surface area contributed by atoms with Crippen LogP contribution in [0.1, 0.15) is 15.9 Å². The van der Waals surface area contributed by atoms with Crippen molar-refractivity contribution in [1.82, 2.24) is 0 Å². The Bertz CT molecular complexity index is 897. The lowest BCUT2D eigenvalue weighted by Gasteiger charge is -2.19. The summed E-state index contributed by atoms with van der Waals surface area (Å²) < 4.78 is 5.83. The van der Waals surface area contributed by atoms with Gasteiger partial charge in [0.1, 0.15) is 11.1 Å². The van der Waals surface area contributed by atoms with Gasteiger partial charge < -0.3 is 9.32 Å². The number of carbonyl (C=O) groups is 1. The van der Waals surface area contributed by atoms with E-state index in [-0.39, 0.29) is 16.9 Å². The van der Waals surface area contributed by atoms with Crippen molar-refractivity contribution in [1.29, 1.82) is 0 Å². The van der Waals surface area contributed by atoms with Crippen molar-refractivity contribution in [2.45, 2.75) is 6.92 Å². The van der Waals surface area contributed by atoms with E-state index in [9.17, 15) is 9.59 Å². The van der Waals surface area contributed by atoms with E-state index < -0.39 is 0 Å². The Labute approximate surface area is 127 Å². The van der Waals surface area contributed by atoms with Crippen LogP contribution in [0.25, 0.3) is 11.0 Å². The van der Waals surface area contributed by atoms with E-state index in [1.165, 1.54) is 0 Å². The number of fused-ring (bicyclic) bond motifs is 1. The van der Waals surface area contributed by atoms with Gasteiger partial charge in [0, 0.05) is 12.7 Å². The molecule has 1 aromatic heterocycles. The van der Waals surface area contributed by atoms with E-state index in [0.717, 1.165) is 11.3 Å². The zero-order valence-electron chi connectivity index (χ0n) is 12.4. The van der Waals surface area contributed by atoms with E-state index >= 15 is 0 Å². The Kier molecular flexibility index (Phi) is 3.51. The Morgan fingerprint density at radius 3 is 2.50 bits per heavy atom. The molecule has 0 spiro atoms. The topological polar surface area (TPSA) is 50.5 Å². The summed E-state index contributed by atoms with van der Waals surface area (Å²) in [6, 6.07) is 14.8. The summed E-state index contributed by atoms with van der Waals surface area (Å²) in [5, 5.41) is 0.423. The van der Waals surface area contributed by atoms with Crippen LogP contribution < -0.4 is 10.3 Å². The molecule has 4 heteroatoms. The highest BCUT2D eigenvalue weighted by molar-refractivity contribution is 5.91. The van der Waals surface area contributed by atoms with E-state index in [0.29, 0.717) is 17.3 Å². The minimum absolute atomic E-state index is 0.0319. The number of anilines is 2. The molecule has 0 N–H and O–H groups in total.